The van der Waals surface area contributed by atoms with Gasteiger partial charge >= 0.3 is 5.97 Å². The van der Waals surface area contributed by atoms with Crippen LogP contribution in [0.15, 0.2) is 55.0 Å². The number of aromatic amines is 1. The number of aliphatic hydroxyl groups is 1. The molecule has 4 N–H and O–H groups in total. The summed E-state index contributed by atoms with van der Waals surface area (Å²) in [4.78, 5) is 60.7. The van der Waals surface area contributed by atoms with Crippen LogP contribution in [0, 0.1) is 11.8 Å². The molecule has 3 aromatic rings. The number of imidazole rings is 1. The molecule has 42 heavy (non-hydrogen) atoms. The summed E-state index contributed by atoms with van der Waals surface area (Å²) in [7, 11) is 4.42. The van der Waals surface area contributed by atoms with Crippen molar-refractivity contribution in [1.82, 2.24) is 25.5 Å². The highest BCUT2D eigenvalue weighted by Gasteiger charge is 2.33. The highest BCUT2D eigenvalue weighted by molar-refractivity contribution is 5.92. The van der Waals surface area contributed by atoms with E-state index in [0.717, 1.165) is 23.4 Å². The molecule has 0 saturated carbocycles. The number of hydrogen-bond donors (Lipinski definition) is 4. The number of hydrogen-bond acceptors (Lipinski definition) is 7. The summed E-state index contributed by atoms with van der Waals surface area (Å²) in [5, 5.41) is 18.1. The maximum atomic E-state index is 13.8. The van der Waals surface area contributed by atoms with Gasteiger partial charge in [0.1, 0.15) is 6.04 Å². The fourth-order valence-corrected chi connectivity index (χ4v) is 4.84. The van der Waals surface area contributed by atoms with Crippen LogP contribution < -0.4 is 10.6 Å². The Balaban J connectivity index is 1.89. The molecule has 0 aliphatic heterocycles. The number of H-pyrrole nitrogens is 1. The van der Waals surface area contributed by atoms with E-state index in [0.29, 0.717) is 12.1 Å². The summed E-state index contributed by atoms with van der Waals surface area (Å²) in [5.41, 5.74) is 1.51. The Morgan fingerprint density at radius 1 is 1.00 bits per heavy atom. The van der Waals surface area contributed by atoms with Crippen LogP contribution in [-0.4, -0.2) is 83.1 Å². The Hall–Kier alpha value is -4.25. The first-order valence-corrected chi connectivity index (χ1v) is 14.0. The first kappa shape index (κ1) is 32.3. The third-order valence-corrected chi connectivity index (χ3v) is 7.13. The minimum atomic E-state index is -1.58. The molecule has 0 bridgehead atoms. The minimum Gasteiger partial charge on any atom is -0.467 e. The minimum absolute atomic E-state index is 0.0392. The maximum absolute atomic E-state index is 13.8. The second kappa shape index (κ2) is 15.1. The number of aliphatic hydroxyl groups excluding tert-OH is 1. The highest BCUT2D eigenvalue weighted by Crippen LogP contribution is 2.23. The lowest BCUT2D eigenvalue weighted by Crippen LogP contribution is -2.56. The van der Waals surface area contributed by atoms with Gasteiger partial charge in [0.2, 0.25) is 17.7 Å². The van der Waals surface area contributed by atoms with Crippen molar-refractivity contribution in [2.24, 2.45) is 11.8 Å². The second-order valence-electron chi connectivity index (χ2n) is 11.1. The molecule has 1 aromatic heterocycles. The number of carbonyl (C=O) groups excluding carboxylic acids is 4. The lowest BCUT2D eigenvalue weighted by atomic mass is 9.91. The molecule has 3 rings (SSSR count). The third-order valence-electron chi connectivity index (χ3n) is 7.13. The lowest BCUT2D eigenvalue weighted by molar-refractivity contribution is -0.152. The van der Waals surface area contributed by atoms with Gasteiger partial charge in [0, 0.05) is 38.8 Å². The number of nitrogens with zero attached hydrogens (tertiary/aromatic N) is 2. The normalized spacial score (nSPS) is 14.1. The molecule has 0 radical (unpaired) electrons. The fourth-order valence-electron chi connectivity index (χ4n) is 4.84. The van der Waals surface area contributed by atoms with Crippen molar-refractivity contribution in [3.05, 3.63) is 66.2 Å². The van der Waals surface area contributed by atoms with Crippen LogP contribution in [0.5, 0.6) is 0 Å². The van der Waals surface area contributed by atoms with E-state index < -0.39 is 41.9 Å². The number of esters is 1. The van der Waals surface area contributed by atoms with Gasteiger partial charge in [-0.05, 0) is 35.1 Å². The first-order valence-electron chi connectivity index (χ1n) is 14.0. The largest absolute Gasteiger partial charge is 0.467 e. The van der Waals surface area contributed by atoms with Gasteiger partial charge in [-0.15, -0.1) is 0 Å². The fraction of sp³-hybridized carbons (Fsp3) is 0.452. The van der Waals surface area contributed by atoms with E-state index in [-0.39, 0.29) is 31.1 Å². The topological polar surface area (TPSA) is 154 Å². The van der Waals surface area contributed by atoms with Gasteiger partial charge in [0.15, 0.2) is 6.10 Å². The zero-order chi connectivity index (χ0) is 30.8. The SMILES string of the molecule is COC(=O)C(O)[C@H](CC(C)C)NC(=O)[C@H](Cc1cnc[nH]1)NC(=O)C(CC(=O)N(C)C)Cc1cccc2ccccc12. The van der Waals surface area contributed by atoms with Crippen molar-refractivity contribution in [1.29, 1.82) is 0 Å². The van der Waals surface area contributed by atoms with Gasteiger partial charge in [-0.3, -0.25) is 14.4 Å². The molecule has 2 aromatic carbocycles. The number of benzene rings is 2. The third kappa shape index (κ3) is 8.87. The van der Waals surface area contributed by atoms with Crippen molar-refractivity contribution < 1.29 is 29.0 Å². The van der Waals surface area contributed by atoms with E-state index in [2.05, 4.69) is 25.3 Å². The van der Waals surface area contributed by atoms with E-state index in [9.17, 15) is 24.3 Å². The molecule has 4 atom stereocenters. The quantitative estimate of drug-likeness (QED) is 0.213. The number of carbonyl (C=O) groups is 4. The van der Waals surface area contributed by atoms with E-state index in [1.54, 1.807) is 20.3 Å². The molecular formula is C31H41N5O6. The van der Waals surface area contributed by atoms with Gasteiger partial charge in [-0.1, -0.05) is 56.3 Å². The van der Waals surface area contributed by atoms with Gasteiger partial charge in [-0.25, -0.2) is 9.78 Å². The number of rotatable bonds is 14. The summed E-state index contributed by atoms with van der Waals surface area (Å²) in [5.74, 6) is -2.87. The van der Waals surface area contributed by atoms with E-state index in [1.165, 1.54) is 11.2 Å². The Kier molecular flexibility index (Phi) is 11.6. The number of ether oxygens (including phenoxy) is 1. The van der Waals surface area contributed by atoms with E-state index in [1.807, 2.05) is 56.3 Å². The van der Waals surface area contributed by atoms with Gasteiger partial charge in [0.25, 0.3) is 0 Å². The van der Waals surface area contributed by atoms with Crippen LogP contribution in [0.3, 0.4) is 0 Å². The molecule has 11 nitrogen and oxygen atoms in total. The van der Waals surface area contributed by atoms with Crippen LogP contribution in [0.25, 0.3) is 10.8 Å². The molecule has 3 amide bonds. The number of aromatic nitrogens is 2. The standard InChI is InChI=1S/C31H41N5O6/c1-19(2)13-25(28(38)31(41)42-5)34-30(40)26(16-23-17-32-18-33-23)35-29(39)22(15-27(37)36(3)4)14-21-11-8-10-20-9-6-7-12-24(20)21/h6-12,17-19,22,25-26,28,38H,13-16H2,1-5H3,(H,32,33)(H,34,40)(H,35,39)/t22?,25-,26-,28?/m0/s1. The monoisotopic (exact) mass is 579 g/mol. The van der Waals surface area contributed by atoms with Gasteiger partial charge in [-0.2, -0.15) is 0 Å². The number of fused-ring (bicyclic) bond motifs is 1. The van der Waals surface area contributed by atoms with Crippen molar-refractivity contribution in [2.45, 2.75) is 57.7 Å². The number of methoxy groups -OCH3 is 1. The lowest BCUT2D eigenvalue weighted by Gasteiger charge is -2.28. The summed E-state index contributed by atoms with van der Waals surface area (Å²) in [6.07, 6.45) is 2.02. The van der Waals surface area contributed by atoms with Crippen LogP contribution in [0.1, 0.15) is 37.9 Å². The number of amides is 3. The van der Waals surface area contributed by atoms with Gasteiger partial charge in [0.05, 0.1) is 25.4 Å². The molecular weight excluding hydrogens is 538 g/mol. The smallest absolute Gasteiger partial charge is 0.336 e. The van der Waals surface area contributed by atoms with Crippen molar-refractivity contribution >= 4 is 34.5 Å². The molecule has 0 aliphatic rings. The second-order valence-corrected chi connectivity index (χ2v) is 11.1. The Morgan fingerprint density at radius 3 is 2.36 bits per heavy atom. The Labute approximate surface area is 246 Å². The molecule has 1 heterocycles. The van der Waals surface area contributed by atoms with Crippen LogP contribution >= 0.6 is 0 Å². The molecule has 2 unspecified atom stereocenters. The zero-order valence-electron chi connectivity index (χ0n) is 24.8. The van der Waals surface area contributed by atoms with E-state index in [4.69, 9.17) is 0 Å². The molecule has 0 spiro atoms. The van der Waals surface area contributed by atoms with Crippen molar-refractivity contribution in [3.63, 3.8) is 0 Å². The predicted octanol–water partition coefficient (Wildman–Crippen LogP) is 1.99. The summed E-state index contributed by atoms with van der Waals surface area (Å²) in [6, 6.07) is 11.6. The molecule has 0 saturated heterocycles. The molecule has 0 aliphatic carbocycles. The van der Waals surface area contributed by atoms with Crippen LogP contribution in [0.2, 0.25) is 0 Å². The van der Waals surface area contributed by atoms with Crippen LogP contribution in [-0.2, 0) is 36.8 Å². The average molecular weight is 580 g/mol. The summed E-state index contributed by atoms with van der Waals surface area (Å²) < 4.78 is 4.68. The van der Waals surface area contributed by atoms with Crippen molar-refractivity contribution in [2.75, 3.05) is 21.2 Å². The van der Waals surface area contributed by atoms with E-state index >= 15 is 0 Å². The molecule has 226 valence electrons. The van der Waals surface area contributed by atoms with Crippen LogP contribution in [0.4, 0.5) is 0 Å². The first-order chi connectivity index (χ1) is 20.0. The molecule has 11 heteroatoms. The summed E-state index contributed by atoms with van der Waals surface area (Å²) in [6.45, 7) is 3.79. The molecule has 0 fully saturated rings. The Morgan fingerprint density at radius 2 is 1.71 bits per heavy atom. The average Bonchev–Trinajstić information content (AvgIpc) is 3.48. The highest BCUT2D eigenvalue weighted by atomic mass is 16.5. The predicted molar refractivity (Wildman–Crippen MR) is 158 cm³/mol. The van der Waals surface area contributed by atoms with Crippen molar-refractivity contribution in [3.8, 4) is 0 Å². The maximum Gasteiger partial charge on any atom is 0.336 e. The number of nitrogens with one attached hydrogen (secondary N) is 3. The van der Waals surface area contributed by atoms with Gasteiger partial charge < -0.3 is 30.4 Å². The summed E-state index contributed by atoms with van der Waals surface area (Å²) >= 11 is 0. The Bertz CT molecular complexity index is 1350. The zero-order valence-corrected chi connectivity index (χ0v) is 24.8.